The molecule has 4 N–H and O–H groups in total. The van der Waals surface area contributed by atoms with Crippen molar-refractivity contribution in [1.29, 1.82) is 0 Å². The number of nitrogens with zero attached hydrogens (tertiary/aromatic N) is 3. The van der Waals surface area contributed by atoms with Gasteiger partial charge in [-0.2, -0.15) is 9.97 Å². The largest absolute Gasteiger partial charge is 0.395 e. The maximum absolute atomic E-state index is 9.10. The van der Waals surface area contributed by atoms with Gasteiger partial charge in [-0.05, 0) is 6.42 Å². The summed E-state index contributed by atoms with van der Waals surface area (Å²) < 4.78 is 5.05. The zero-order chi connectivity index (χ0) is 14.1. The van der Waals surface area contributed by atoms with Crippen LogP contribution in [0.2, 0.25) is 0 Å². The van der Waals surface area contributed by atoms with E-state index in [9.17, 15) is 0 Å². The fourth-order valence-corrected chi connectivity index (χ4v) is 1.62. The summed E-state index contributed by atoms with van der Waals surface area (Å²) in [4.78, 5) is 10.2. The smallest absolute Gasteiger partial charge is 0.223 e. The van der Waals surface area contributed by atoms with Gasteiger partial charge in [0, 0.05) is 32.8 Å². The number of rotatable bonds is 9. The van der Waals surface area contributed by atoms with E-state index >= 15 is 0 Å². The summed E-state index contributed by atoms with van der Waals surface area (Å²) in [5.41, 5.74) is 5.71. The highest BCUT2D eigenvalue weighted by molar-refractivity contribution is 5.52. The quantitative estimate of drug-likeness (QED) is 0.594. The van der Waals surface area contributed by atoms with Gasteiger partial charge in [0.15, 0.2) is 0 Å². The highest BCUT2D eigenvalue weighted by atomic mass is 16.5. The van der Waals surface area contributed by atoms with E-state index in [1.54, 1.807) is 7.11 Å². The minimum atomic E-state index is 0.0470. The van der Waals surface area contributed by atoms with Gasteiger partial charge in [-0.3, -0.25) is 0 Å². The van der Waals surface area contributed by atoms with Crippen LogP contribution in [0.1, 0.15) is 13.3 Å². The van der Waals surface area contributed by atoms with Crippen LogP contribution in [0.15, 0.2) is 6.07 Å². The Morgan fingerprint density at radius 2 is 2.21 bits per heavy atom. The van der Waals surface area contributed by atoms with Crippen molar-refractivity contribution in [3.05, 3.63) is 6.07 Å². The summed E-state index contributed by atoms with van der Waals surface area (Å²) in [5, 5.41) is 12.3. The molecule has 1 heterocycles. The first-order valence-corrected chi connectivity index (χ1v) is 6.44. The summed E-state index contributed by atoms with van der Waals surface area (Å²) >= 11 is 0. The Hall–Kier alpha value is -1.60. The first-order chi connectivity index (χ1) is 9.21. The van der Waals surface area contributed by atoms with E-state index in [-0.39, 0.29) is 12.6 Å². The van der Waals surface area contributed by atoms with Crippen LogP contribution in [0.5, 0.6) is 0 Å². The summed E-state index contributed by atoms with van der Waals surface area (Å²) in [6, 6.07) is 1.83. The lowest BCUT2D eigenvalue weighted by Gasteiger charge is -2.23. The summed E-state index contributed by atoms with van der Waals surface area (Å²) in [7, 11) is 1.64. The van der Waals surface area contributed by atoms with Crippen LogP contribution in [-0.2, 0) is 4.74 Å². The van der Waals surface area contributed by atoms with Gasteiger partial charge in [-0.25, -0.2) is 0 Å². The molecule has 0 aliphatic carbocycles. The molecular weight excluding hydrogens is 246 g/mol. The molecule has 0 fully saturated rings. The van der Waals surface area contributed by atoms with Crippen molar-refractivity contribution in [2.24, 2.45) is 0 Å². The standard InChI is InChI=1S/C12H23N5O2/c1-3-4-14-10-9-11(16-12(13)15-10)17(5-7-18)6-8-19-2/h9,18H,3-8H2,1-2H3,(H3,13,14,15,16). The van der Waals surface area contributed by atoms with E-state index in [2.05, 4.69) is 22.2 Å². The predicted molar refractivity (Wildman–Crippen MR) is 76.4 cm³/mol. The molecule has 0 unspecified atom stereocenters. The van der Waals surface area contributed by atoms with Crippen LogP contribution in [0.25, 0.3) is 0 Å². The Bertz CT molecular complexity index is 375. The van der Waals surface area contributed by atoms with Gasteiger partial charge in [0.1, 0.15) is 11.6 Å². The van der Waals surface area contributed by atoms with Crippen LogP contribution in [-0.4, -0.2) is 55.0 Å². The maximum atomic E-state index is 9.10. The Morgan fingerprint density at radius 3 is 2.84 bits per heavy atom. The first-order valence-electron chi connectivity index (χ1n) is 6.44. The molecule has 7 nitrogen and oxygen atoms in total. The normalized spacial score (nSPS) is 10.5. The summed E-state index contributed by atoms with van der Waals surface area (Å²) in [5.74, 6) is 1.61. The van der Waals surface area contributed by atoms with E-state index in [4.69, 9.17) is 15.6 Å². The van der Waals surface area contributed by atoms with E-state index in [1.165, 1.54) is 0 Å². The highest BCUT2D eigenvalue weighted by Crippen LogP contribution is 2.16. The molecule has 0 aliphatic heterocycles. The molecule has 0 aliphatic rings. The number of aromatic nitrogens is 2. The number of nitrogens with one attached hydrogen (secondary N) is 1. The third kappa shape index (κ3) is 5.27. The van der Waals surface area contributed by atoms with Crippen molar-refractivity contribution >= 4 is 17.6 Å². The van der Waals surface area contributed by atoms with Crippen LogP contribution in [0.3, 0.4) is 0 Å². The molecule has 0 saturated heterocycles. The Labute approximate surface area is 113 Å². The number of aliphatic hydroxyl groups excluding tert-OH is 1. The van der Waals surface area contributed by atoms with Crippen LogP contribution >= 0.6 is 0 Å². The van der Waals surface area contributed by atoms with E-state index < -0.39 is 0 Å². The third-order valence-electron chi connectivity index (χ3n) is 2.55. The van der Waals surface area contributed by atoms with Gasteiger partial charge in [0.25, 0.3) is 0 Å². The molecular formula is C12H23N5O2. The predicted octanol–water partition coefficient (Wildman–Crippen LogP) is 0.326. The topological polar surface area (TPSA) is 96.5 Å². The molecule has 19 heavy (non-hydrogen) atoms. The zero-order valence-corrected chi connectivity index (χ0v) is 11.6. The first kappa shape index (κ1) is 15.5. The fraction of sp³-hybridized carbons (Fsp3) is 0.667. The van der Waals surface area contributed by atoms with Gasteiger partial charge in [-0.1, -0.05) is 6.92 Å². The maximum Gasteiger partial charge on any atom is 0.223 e. The van der Waals surface area contributed by atoms with Gasteiger partial charge >= 0.3 is 0 Å². The van der Waals surface area contributed by atoms with Crippen molar-refractivity contribution in [1.82, 2.24) is 9.97 Å². The molecule has 0 radical (unpaired) electrons. The van der Waals surface area contributed by atoms with Crippen molar-refractivity contribution in [2.75, 3.05) is 55.9 Å². The molecule has 7 heteroatoms. The molecule has 0 spiro atoms. The molecule has 108 valence electrons. The summed E-state index contributed by atoms with van der Waals surface area (Å²) in [6.45, 7) is 4.63. The van der Waals surface area contributed by atoms with Gasteiger partial charge in [-0.15, -0.1) is 0 Å². The van der Waals surface area contributed by atoms with Crippen LogP contribution in [0.4, 0.5) is 17.6 Å². The van der Waals surface area contributed by atoms with Crippen molar-refractivity contribution < 1.29 is 9.84 Å². The van der Waals surface area contributed by atoms with Gasteiger partial charge in [0.2, 0.25) is 5.95 Å². The minimum absolute atomic E-state index is 0.0470. The molecule has 0 aromatic carbocycles. The number of anilines is 3. The second kappa shape index (κ2) is 8.49. The van der Waals surface area contributed by atoms with Crippen LogP contribution < -0.4 is 16.0 Å². The molecule has 1 aromatic heterocycles. The van der Waals surface area contributed by atoms with Crippen LogP contribution in [0, 0.1) is 0 Å². The second-order valence-corrected chi connectivity index (χ2v) is 4.10. The van der Waals surface area contributed by atoms with E-state index in [0.29, 0.717) is 31.3 Å². The van der Waals surface area contributed by atoms with E-state index in [0.717, 1.165) is 13.0 Å². The van der Waals surface area contributed by atoms with E-state index in [1.807, 2.05) is 11.0 Å². The Morgan fingerprint density at radius 1 is 1.42 bits per heavy atom. The molecule has 0 saturated carbocycles. The number of nitrogens with two attached hydrogens (primary N) is 1. The minimum Gasteiger partial charge on any atom is -0.395 e. The number of methoxy groups -OCH3 is 1. The van der Waals surface area contributed by atoms with Crippen molar-refractivity contribution in [2.45, 2.75) is 13.3 Å². The second-order valence-electron chi connectivity index (χ2n) is 4.10. The lowest BCUT2D eigenvalue weighted by Crippen LogP contribution is -2.31. The summed E-state index contributed by atoms with van der Waals surface area (Å²) in [6.07, 6.45) is 1.00. The number of hydrogen-bond acceptors (Lipinski definition) is 7. The average Bonchev–Trinajstić information content (AvgIpc) is 2.40. The molecule has 0 amide bonds. The number of hydrogen-bond donors (Lipinski definition) is 3. The van der Waals surface area contributed by atoms with Gasteiger partial charge < -0.3 is 25.8 Å². The molecule has 0 atom stereocenters. The van der Waals surface area contributed by atoms with Gasteiger partial charge in [0.05, 0.1) is 13.2 Å². The lowest BCUT2D eigenvalue weighted by molar-refractivity contribution is 0.202. The monoisotopic (exact) mass is 269 g/mol. The molecule has 0 bridgehead atoms. The SMILES string of the molecule is CCCNc1cc(N(CCO)CCOC)nc(N)n1. The average molecular weight is 269 g/mol. The van der Waals surface area contributed by atoms with Crippen molar-refractivity contribution in [3.63, 3.8) is 0 Å². The highest BCUT2D eigenvalue weighted by Gasteiger charge is 2.10. The van der Waals surface area contributed by atoms with Crippen molar-refractivity contribution in [3.8, 4) is 0 Å². The lowest BCUT2D eigenvalue weighted by atomic mass is 10.4. The number of aliphatic hydroxyl groups is 1. The number of ether oxygens (including phenoxy) is 1. The molecule has 1 rings (SSSR count). The molecule has 1 aromatic rings. The fourth-order valence-electron chi connectivity index (χ4n) is 1.62. The Kier molecular flexibility index (Phi) is 6.91. The zero-order valence-electron chi connectivity index (χ0n) is 11.6. The Balaban J connectivity index is 2.84. The third-order valence-corrected chi connectivity index (χ3v) is 2.55. The number of nitrogen functional groups attached to an aromatic ring is 1.